The molecular formula is C34H47F5N4O7Si. The van der Waals surface area contributed by atoms with Crippen LogP contribution in [0, 0.1) is 5.92 Å². The normalized spacial score (nSPS) is 14.9. The average molecular weight is 747 g/mol. The van der Waals surface area contributed by atoms with Crippen molar-refractivity contribution in [1.82, 2.24) is 21.3 Å². The first-order chi connectivity index (χ1) is 23.4. The van der Waals surface area contributed by atoms with Gasteiger partial charge in [-0.05, 0) is 53.9 Å². The first kappa shape index (κ1) is 43.1. The molecule has 284 valence electrons. The number of benzene rings is 2. The summed E-state index contributed by atoms with van der Waals surface area (Å²) in [5.41, 5.74) is 0.368. The molecule has 2 rings (SSSR count). The van der Waals surface area contributed by atoms with Crippen LogP contribution in [0.5, 0.6) is 5.75 Å². The summed E-state index contributed by atoms with van der Waals surface area (Å²) in [5.74, 6) is -10.4. The van der Waals surface area contributed by atoms with Crippen molar-refractivity contribution in [2.45, 2.75) is 89.1 Å². The van der Waals surface area contributed by atoms with Crippen molar-refractivity contribution in [2.24, 2.45) is 5.92 Å². The quantitative estimate of drug-likeness (QED) is 0.125. The number of halogens is 5. The minimum atomic E-state index is -5.00. The molecule has 4 amide bonds. The Morgan fingerprint density at radius 3 is 1.90 bits per heavy atom. The van der Waals surface area contributed by atoms with Crippen LogP contribution in [-0.4, -0.2) is 87.6 Å². The Hall–Kier alpha value is -4.09. The summed E-state index contributed by atoms with van der Waals surface area (Å²) in [6.45, 7) is 10.1. The van der Waals surface area contributed by atoms with E-state index in [1.165, 1.54) is 57.4 Å². The fourth-order valence-electron chi connectivity index (χ4n) is 4.38. The van der Waals surface area contributed by atoms with Crippen molar-refractivity contribution in [3.05, 3.63) is 65.7 Å². The van der Waals surface area contributed by atoms with Crippen molar-refractivity contribution in [1.29, 1.82) is 0 Å². The van der Waals surface area contributed by atoms with E-state index in [4.69, 9.17) is 9.16 Å². The number of aliphatic hydroxyl groups is 1. The lowest BCUT2D eigenvalue weighted by atomic mass is 9.93. The third kappa shape index (κ3) is 12.3. The van der Waals surface area contributed by atoms with Crippen LogP contribution in [0.3, 0.4) is 0 Å². The summed E-state index contributed by atoms with van der Waals surface area (Å²) in [6.07, 6.45) is -7.97. The summed E-state index contributed by atoms with van der Waals surface area (Å²) in [5, 5.41) is 18.8. The number of carbonyl (C=O) groups excluding carboxylic acids is 4. The number of alkyl halides is 5. The van der Waals surface area contributed by atoms with E-state index in [0.717, 1.165) is 5.32 Å². The second kappa shape index (κ2) is 17.4. The predicted molar refractivity (Wildman–Crippen MR) is 182 cm³/mol. The van der Waals surface area contributed by atoms with Gasteiger partial charge in [0.15, 0.2) is 8.32 Å². The van der Waals surface area contributed by atoms with Gasteiger partial charge in [0.05, 0.1) is 19.8 Å². The number of nitrogens with one attached hydrogen (secondary N) is 4. The fraction of sp³-hybridized carbons (Fsp3) is 0.529. The Labute approximate surface area is 295 Å². The summed E-state index contributed by atoms with van der Waals surface area (Å²) in [4.78, 5) is 53.0. The third-order valence-electron chi connectivity index (χ3n) is 8.56. The van der Waals surface area contributed by atoms with Crippen molar-refractivity contribution in [3.8, 4) is 5.75 Å². The lowest BCUT2D eigenvalue weighted by Crippen LogP contribution is -2.61. The summed E-state index contributed by atoms with van der Waals surface area (Å²) < 4.78 is 79.1. The molecule has 4 atom stereocenters. The molecule has 0 unspecified atom stereocenters. The smallest absolute Gasteiger partial charge is 0.405 e. The molecule has 0 aliphatic carbocycles. The molecule has 0 fully saturated rings. The molecule has 0 aliphatic heterocycles. The van der Waals surface area contributed by atoms with Gasteiger partial charge in [-0.3, -0.25) is 19.2 Å². The van der Waals surface area contributed by atoms with Gasteiger partial charge in [-0.25, -0.2) is 0 Å². The first-order valence-corrected chi connectivity index (χ1v) is 19.0. The van der Waals surface area contributed by atoms with E-state index >= 15 is 0 Å². The van der Waals surface area contributed by atoms with E-state index in [0.29, 0.717) is 5.75 Å². The lowest BCUT2D eigenvalue weighted by Gasteiger charge is -2.37. The minimum absolute atomic E-state index is 0.131. The van der Waals surface area contributed by atoms with Gasteiger partial charge in [-0.15, -0.1) is 0 Å². The SMILES string of the molecule is COc1ccc([C@H](NC(=O)[C@H](CO[Si](C)(C)C(C)(C)C)NC(=O)c2ccccc2)C(=O)N[C@@H](C(C)C)[C@@H](O)C(F)(F)C(=O)NCC(F)(F)F)cc1. The highest BCUT2D eigenvalue weighted by molar-refractivity contribution is 6.74. The van der Waals surface area contributed by atoms with Crippen molar-refractivity contribution in [3.63, 3.8) is 0 Å². The van der Waals surface area contributed by atoms with Gasteiger partial charge in [-0.1, -0.05) is 65.0 Å². The molecule has 0 heterocycles. The van der Waals surface area contributed by atoms with E-state index in [-0.39, 0.29) is 22.8 Å². The van der Waals surface area contributed by atoms with Crippen LogP contribution in [0.15, 0.2) is 54.6 Å². The minimum Gasteiger partial charge on any atom is -0.497 e. The van der Waals surface area contributed by atoms with E-state index in [1.54, 1.807) is 18.2 Å². The molecule has 0 bridgehead atoms. The number of ether oxygens (including phenoxy) is 1. The maximum absolute atomic E-state index is 15.0. The Balaban J connectivity index is 2.48. The number of methoxy groups -OCH3 is 1. The second-order valence-electron chi connectivity index (χ2n) is 13.8. The molecule has 2 aromatic carbocycles. The number of carbonyl (C=O) groups is 4. The summed E-state index contributed by atoms with van der Waals surface area (Å²) >= 11 is 0. The largest absolute Gasteiger partial charge is 0.497 e. The summed E-state index contributed by atoms with van der Waals surface area (Å²) in [6, 6.07) is 8.89. The van der Waals surface area contributed by atoms with E-state index in [1.807, 2.05) is 33.9 Å². The van der Waals surface area contributed by atoms with E-state index in [2.05, 4.69) is 16.0 Å². The van der Waals surface area contributed by atoms with E-state index in [9.17, 15) is 46.2 Å². The molecule has 17 heteroatoms. The molecular weight excluding hydrogens is 699 g/mol. The summed E-state index contributed by atoms with van der Waals surface area (Å²) in [7, 11) is -1.10. The number of hydrogen-bond donors (Lipinski definition) is 5. The molecule has 51 heavy (non-hydrogen) atoms. The standard InChI is InChI=1S/C34H47F5N4O7Si/c1-20(2)25(27(44)34(38,39)31(48)40-19-33(35,36)37)42-30(47)26(21-14-16-23(49-6)17-15-21)43-29(46)24(18-50-51(7,8)32(3,4)5)41-28(45)22-12-10-9-11-13-22/h9-17,20,24-27,44H,18-19H2,1-8H3,(H,40,48)(H,41,45)(H,42,47)(H,43,46)/t24-,25-,26-,27+/m0/s1. The third-order valence-corrected chi connectivity index (χ3v) is 13.1. The molecule has 0 aromatic heterocycles. The Kier molecular flexibility index (Phi) is 14.7. The number of amides is 4. The highest BCUT2D eigenvalue weighted by Crippen LogP contribution is 2.36. The average Bonchev–Trinajstić information content (AvgIpc) is 3.05. The fourth-order valence-corrected chi connectivity index (χ4v) is 5.39. The molecule has 2 aromatic rings. The molecule has 11 nitrogen and oxygen atoms in total. The number of hydrogen-bond acceptors (Lipinski definition) is 7. The van der Waals surface area contributed by atoms with E-state index < -0.39 is 80.7 Å². The zero-order chi connectivity index (χ0) is 38.9. The highest BCUT2D eigenvalue weighted by Gasteiger charge is 2.52. The lowest BCUT2D eigenvalue weighted by molar-refractivity contribution is -0.175. The van der Waals surface area contributed by atoms with Gasteiger partial charge in [-0.2, -0.15) is 22.0 Å². The molecule has 0 saturated heterocycles. The number of rotatable bonds is 16. The van der Waals surface area contributed by atoms with Gasteiger partial charge in [0.2, 0.25) is 11.8 Å². The highest BCUT2D eigenvalue weighted by atomic mass is 28.4. The van der Waals surface area contributed by atoms with Crippen LogP contribution >= 0.6 is 0 Å². The molecule has 0 saturated carbocycles. The van der Waals surface area contributed by atoms with Crippen molar-refractivity contribution < 1.29 is 55.4 Å². The Morgan fingerprint density at radius 2 is 1.41 bits per heavy atom. The molecule has 0 radical (unpaired) electrons. The Bertz CT molecular complexity index is 1490. The van der Waals surface area contributed by atoms with Gasteiger partial charge >= 0.3 is 12.1 Å². The van der Waals surface area contributed by atoms with Gasteiger partial charge in [0.1, 0.15) is 30.5 Å². The topological polar surface area (TPSA) is 155 Å². The molecule has 0 aliphatic rings. The van der Waals surface area contributed by atoms with Gasteiger partial charge in [0, 0.05) is 5.56 Å². The predicted octanol–water partition coefficient (Wildman–Crippen LogP) is 4.49. The van der Waals surface area contributed by atoms with Crippen LogP contribution in [0.2, 0.25) is 18.1 Å². The van der Waals surface area contributed by atoms with Crippen LogP contribution < -0.4 is 26.0 Å². The molecule has 0 spiro atoms. The number of aliphatic hydroxyl groups excluding tert-OH is 1. The zero-order valence-electron chi connectivity index (χ0n) is 29.8. The first-order valence-electron chi connectivity index (χ1n) is 16.1. The van der Waals surface area contributed by atoms with Crippen LogP contribution in [-0.2, 0) is 18.8 Å². The zero-order valence-corrected chi connectivity index (χ0v) is 30.8. The maximum atomic E-state index is 15.0. The van der Waals surface area contributed by atoms with Gasteiger partial charge in [0.25, 0.3) is 11.8 Å². The monoisotopic (exact) mass is 746 g/mol. The van der Waals surface area contributed by atoms with Crippen molar-refractivity contribution >= 4 is 31.9 Å². The molecule has 5 N–H and O–H groups in total. The second-order valence-corrected chi connectivity index (χ2v) is 18.6. The van der Waals surface area contributed by atoms with Gasteiger partial charge < -0.3 is 35.5 Å². The Morgan fingerprint density at radius 1 is 0.843 bits per heavy atom. The van der Waals surface area contributed by atoms with Crippen molar-refractivity contribution in [2.75, 3.05) is 20.3 Å². The maximum Gasteiger partial charge on any atom is 0.405 e. The van der Waals surface area contributed by atoms with Crippen LogP contribution in [0.1, 0.15) is 56.6 Å². The van der Waals surface area contributed by atoms with Crippen LogP contribution in [0.25, 0.3) is 0 Å². The van der Waals surface area contributed by atoms with Crippen LogP contribution in [0.4, 0.5) is 22.0 Å².